The Morgan fingerprint density at radius 2 is 2.11 bits per heavy atom. The van der Waals surface area contributed by atoms with Crippen LogP contribution in [0.4, 0.5) is 13.2 Å². The van der Waals surface area contributed by atoms with Gasteiger partial charge in [0.05, 0.1) is 17.6 Å². The Hall–Kier alpha value is -2.61. The highest BCUT2D eigenvalue weighted by molar-refractivity contribution is 5.84. The Bertz CT molecular complexity index is 1180. The average Bonchev–Trinajstić information content (AvgIpc) is 3.40. The molecule has 6 rings (SSSR count). The molecule has 0 saturated heterocycles. The van der Waals surface area contributed by atoms with Crippen LogP contribution in [0.5, 0.6) is 5.75 Å². The van der Waals surface area contributed by atoms with E-state index in [2.05, 4.69) is 29.4 Å². The number of hydrogen-bond acceptors (Lipinski definition) is 4. The first-order chi connectivity index (χ1) is 17.2. The Morgan fingerprint density at radius 3 is 2.94 bits per heavy atom. The van der Waals surface area contributed by atoms with Gasteiger partial charge in [0.25, 0.3) is 0 Å². The van der Waals surface area contributed by atoms with Crippen LogP contribution in [0.1, 0.15) is 72.5 Å². The highest BCUT2D eigenvalue weighted by Crippen LogP contribution is 2.56. The van der Waals surface area contributed by atoms with Gasteiger partial charge in [-0.2, -0.15) is 13.2 Å². The van der Waals surface area contributed by atoms with Gasteiger partial charge in [0.2, 0.25) is 5.91 Å². The number of halogens is 3. The van der Waals surface area contributed by atoms with E-state index in [1.54, 1.807) is 4.90 Å². The van der Waals surface area contributed by atoms with Crippen molar-refractivity contribution >= 4 is 5.91 Å². The minimum atomic E-state index is -4.44. The number of benzene rings is 1. The predicted molar refractivity (Wildman–Crippen MR) is 128 cm³/mol. The number of fused-ring (bicyclic) bond motifs is 3. The number of aryl methyl sites for hydroxylation is 1. The van der Waals surface area contributed by atoms with Crippen molar-refractivity contribution in [2.24, 2.45) is 11.3 Å². The molecule has 192 valence electrons. The number of alkyl halides is 3. The number of pyridine rings is 1. The number of nitrogens with one attached hydrogen (secondary N) is 1. The largest absolute Gasteiger partial charge is 0.493 e. The summed E-state index contributed by atoms with van der Waals surface area (Å²) in [5.41, 5.74) is 2.44. The standard InChI is InChI=1S/C28H32F3N3O2/c1-17-4-5-25-22(11-17)24(7-10-36-25)33-21-13-19-3-2-8-27(19,14-21)26(35)34-9-6-23-18(16-34)12-20(15-32-23)28(29,30)31/h4-5,11-12,15,19,21,24,33H,2-3,6-10,13-14,16H2,1H3/t19-,21-,24+,27-/m1/s1. The van der Waals surface area contributed by atoms with Crippen molar-refractivity contribution in [2.45, 2.75) is 76.7 Å². The number of amides is 1. The molecule has 4 atom stereocenters. The number of carbonyl (C=O) groups excluding carboxylic acids is 1. The van der Waals surface area contributed by atoms with E-state index >= 15 is 0 Å². The van der Waals surface area contributed by atoms with E-state index in [1.165, 1.54) is 17.2 Å². The number of aromatic nitrogens is 1. The predicted octanol–water partition coefficient (Wildman–Crippen LogP) is 5.36. The summed E-state index contributed by atoms with van der Waals surface area (Å²) < 4.78 is 45.6. The summed E-state index contributed by atoms with van der Waals surface area (Å²) in [7, 11) is 0. The van der Waals surface area contributed by atoms with E-state index in [9.17, 15) is 18.0 Å². The van der Waals surface area contributed by atoms with E-state index in [-0.39, 0.29) is 24.5 Å². The second-order valence-corrected chi connectivity index (χ2v) is 11.1. The molecule has 2 aliphatic heterocycles. The lowest BCUT2D eigenvalue weighted by Gasteiger charge is -2.37. The lowest BCUT2D eigenvalue weighted by atomic mass is 9.78. The van der Waals surface area contributed by atoms with Gasteiger partial charge >= 0.3 is 6.18 Å². The number of rotatable bonds is 3. The fraction of sp³-hybridized carbons (Fsp3) is 0.571. The minimum Gasteiger partial charge on any atom is -0.493 e. The molecule has 5 nitrogen and oxygen atoms in total. The Labute approximate surface area is 209 Å². The van der Waals surface area contributed by atoms with Crippen molar-refractivity contribution in [2.75, 3.05) is 13.2 Å². The van der Waals surface area contributed by atoms with Gasteiger partial charge in [-0.3, -0.25) is 9.78 Å². The van der Waals surface area contributed by atoms with Gasteiger partial charge in [-0.05, 0) is 56.2 Å². The molecule has 2 fully saturated rings. The SMILES string of the molecule is Cc1ccc2c(c1)[C@@H](N[C@@H]1C[C@H]3CCC[C@@]3(C(=O)N3CCc4ncc(C(F)(F)F)cc4C3)C1)CCO2. The Balaban J connectivity index is 1.20. The van der Waals surface area contributed by atoms with Crippen LogP contribution in [0.25, 0.3) is 0 Å². The first-order valence-corrected chi connectivity index (χ1v) is 13.1. The van der Waals surface area contributed by atoms with Crippen molar-refractivity contribution in [3.05, 3.63) is 58.4 Å². The maximum Gasteiger partial charge on any atom is 0.417 e. The topological polar surface area (TPSA) is 54.5 Å². The van der Waals surface area contributed by atoms with Gasteiger partial charge in [0.1, 0.15) is 5.75 Å². The third-order valence-electron chi connectivity index (χ3n) is 8.86. The van der Waals surface area contributed by atoms with E-state index < -0.39 is 17.2 Å². The van der Waals surface area contributed by atoms with Crippen molar-refractivity contribution < 1.29 is 22.7 Å². The fourth-order valence-corrected chi connectivity index (χ4v) is 7.16. The molecule has 0 bridgehead atoms. The van der Waals surface area contributed by atoms with Gasteiger partial charge in [0.15, 0.2) is 0 Å². The summed E-state index contributed by atoms with van der Waals surface area (Å²) in [5.74, 6) is 1.38. The van der Waals surface area contributed by atoms with Crippen molar-refractivity contribution in [1.29, 1.82) is 0 Å². The molecule has 1 amide bonds. The second-order valence-electron chi connectivity index (χ2n) is 11.1. The molecule has 8 heteroatoms. The first-order valence-electron chi connectivity index (χ1n) is 13.1. The normalized spacial score (nSPS) is 29.3. The molecule has 1 aromatic carbocycles. The summed E-state index contributed by atoms with van der Waals surface area (Å²) in [6, 6.07) is 7.93. The molecule has 3 heterocycles. The van der Waals surface area contributed by atoms with Gasteiger partial charge in [-0.1, -0.05) is 24.1 Å². The second kappa shape index (κ2) is 8.75. The Kier molecular flexibility index (Phi) is 5.78. The maximum absolute atomic E-state index is 14.0. The van der Waals surface area contributed by atoms with Crippen LogP contribution in [-0.4, -0.2) is 35.0 Å². The highest BCUT2D eigenvalue weighted by atomic mass is 19.4. The van der Waals surface area contributed by atoms with Crippen LogP contribution in [0, 0.1) is 18.3 Å². The van der Waals surface area contributed by atoms with Crippen molar-refractivity contribution in [3.8, 4) is 5.75 Å². The number of nitrogens with zero attached hydrogens (tertiary/aromatic N) is 2. The van der Waals surface area contributed by atoms with Crippen LogP contribution >= 0.6 is 0 Å². The van der Waals surface area contributed by atoms with Gasteiger partial charge in [0, 0.05) is 55.5 Å². The maximum atomic E-state index is 14.0. The van der Waals surface area contributed by atoms with E-state index in [1.807, 2.05) is 6.07 Å². The van der Waals surface area contributed by atoms with E-state index in [0.717, 1.165) is 50.5 Å². The van der Waals surface area contributed by atoms with E-state index in [0.29, 0.717) is 36.7 Å². The molecule has 0 spiro atoms. The smallest absolute Gasteiger partial charge is 0.417 e. The third kappa shape index (κ3) is 4.07. The zero-order valence-electron chi connectivity index (χ0n) is 20.5. The number of hydrogen-bond donors (Lipinski definition) is 1. The van der Waals surface area contributed by atoms with Crippen LogP contribution in [0.15, 0.2) is 30.5 Å². The molecule has 2 aliphatic carbocycles. The first kappa shape index (κ1) is 23.8. The molecule has 4 aliphatic rings. The summed E-state index contributed by atoms with van der Waals surface area (Å²) in [5, 5.41) is 3.87. The van der Waals surface area contributed by atoms with Crippen LogP contribution < -0.4 is 10.1 Å². The van der Waals surface area contributed by atoms with Gasteiger partial charge < -0.3 is 15.0 Å². The van der Waals surface area contributed by atoms with Gasteiger partial charge in [-0.15, -0.1) is 0 Å². The lowest BCUT2D eigenvalue weighted by Crippen LogP contribution is -2.47. The number of carbonyl (C=O) groups is 1. The average molecular weight is 500 g/mol. The molecule has 0 unspecified atom stereocenters. The minimum absolute atomic E-state index is 0.126. The van der Waals surface area contributed by atoms with Crippen molar-refractivity contribution in [3.63, 3.8) is 0 Å². The summed E-state index contributed by atoms with van der Waals surface area (Å²) in [6.07, 6.45) is 2.57. The number of ether oxygens (including phenoxy) is 1. The Morgan fingerprint density at radius 1 is 1.25 bits per heavy atom. The summed E-state index contributed by atoms with van der Waals surface area (Å²) >= 11 is 0. The quantitative estimate of drug-likeness (QED) is 0.618. The molecule has 1 aromatic heterocycles. The molecule has 1 N–H and O–H groups in total. The molecule has 2 saturated carbocycles. The van der Waals surface area contributed by atoms with E-state index in [4.69, 9.17) is 4.74 Å². The van der Waals surface area contributed by atoms with Crippen LogP contribution in [0.2, 0.25) is 0 Å². The highest BCUT2D eigenvalue weighted by Gasteiger charge is 2.56. The third-order valence-corrected chi connectivity index (χ3v) is 8.86. The fourth-order valence-electron chi connectivity index (χ4n) is 7.16. The van der Waals surface area contributed by atoms with Crippen LogP contribution in [0.3, 0.4) is 0 Å². The molecule has 0 radical (unpaired) electrons. The molecular weight excluding hydrogens is 467 g/mol. The van der Waals surface area contributed by atoms with Crippen molar-refractivity contribution in [1.82, 2.24) is 15.2 Å². The monoisotopic (exact) mass is 499 g/mol. The summed E-state index contributed by atoms with van der Waals surface area (Å²) in [4.78, 5) is 19.9. The zero-order valence-corrected chi connectivity index (χ0v) is 20.5. The molecule has 36 heavy (non-hydrogen) atoms. The van der Waals surface area contributed by atoms with Gasteiger partial charge in [-0.25, -0.2) is 0 Å². The molecule has 2 aromatic rings. The molecular formula is C28H32F3N3O2. The lowest BCUT2D eigenvalue weighted by molar-refractivity contribution is -0.144. The summed E-state index contributed by atoms with van der Waals surface area (Å²) in [6.45, 7) is 3.49. The van der Waals surface area contributed by atoms with Crippen LogP contribution in [-0.2, 0) is 23.9 Å². The zero-order chi connectivity index (χ0) is 25.1.